The number of hydrogen-bond donors (Lipinski definition) is 0. The minimum absolute atomic E-state index is 0.101. The van der Waals surface area contributed by atoms with Crippen molar-refractivity contribution >= 4 is 34.6 Å². The smallest absolute Gasteiger partial charge is 0.298 e. The van der Waals surface area contributed by atoms with Gasteiger partial charge in [0.25, 0.3) is 0 Å². The summed E-state index contributed by atoms with van der Waals surface area (Å²) in [7, 11) is 0. The van der Waals surface area contributed by atoms with Crippen molar-refractivity contribution in [3.05, 3.63) is 36.9 Å². The molecular formula is C7H2F2INO3. The van der Waals surface area contributed by atoms with Gasteiger partial charge < -0.3 is 0 Å². The maximum atomic E-state index is 13.0. The molecule has 0 heterocycles. The zero-order valence-corrected chi connectivity index (χ0v) is 8.62. The molecule has 0 saturated carbocycles. The number of rotatable bonds is 2. The van der Waals surface area contributed by atoms with Crippen LogP contribution in [0.3, 0.4) is 0 Å². The summed E-state index contributed by atoms with van der Waals surface area (Å²) in [6, 6.07) is 0.569. The first kappa shape index (κ1) is 11.0. The van der Waals surface area contributed by atoms with E-state index in [0.717, 1.165) is 0 Å². The number of nitro benzene ring substituents is 1. The molecule has 0 saturated heterocycles. The van der Waals surface area contributed by atoms with Gasteiger partial charge in [0, 0.05) is 6.07 Å². The Balaban J connectivity index is 3.56. The summed E-state index contributed by atoms with van der Waals surface area (Å²) in [5.74, 6) is -2.34. The van der Waals surface area contributed by atoms with E-state index in [2.05, 4.69) is 0 Å². The van der Waals surface area contributed by atoms with Crippen LogP contribution in [0.5, 0.6) is 0 Å². The molecule has 1 aromatic carbocycles. The lowest BCUT2D eigenvalue weighted by atomic mass is 10.2. The van der Waals surface area contributed by atoms with Crippen LogP contribution in [0, 0.1) is 25.3 Å². The zero-order chi connectivity index (χ0) is 10.9. The van der Waals surface area contributed by atoms with Gasteiger partial charge in [-0.05, 0) is 22.6 Å². The third kappa shape index (κ3) is 1.72. The Hall–Kier alpha value is -1.12. The molecule has 0 radical (unpaired) electrons. The normalized spacial score (nSPS) is 9.93. The summed E-state index contributed by atoms with van der Waals surface area (Å²) in [6.07, 6.45) is 0.101. The maximum Gasteiger partial charge on any atom is 0.306 e. The minimum Gasteiger partial charge on any atom is -0.298 e. The highest BCUT2D eigenvalue weighted by atomic mass is 127. The van der Waals surface area contributed by atoms with Crippen LogP contribution in [0.15, 0.2) is 6.07 Å². The largest absolute Gasteiger partial charge is 0.306 e. The summed E-state index contributed by atoms with van der Waals surface area (Å²) in [5.41, 5.74) is -1.43. The average molecular weight is 313 g/mol. The molecule has 1 rings (SSSR count). The first-order chi connectivity index (χ1) is 6.49. The maximum absolute atomic E-state index is 13.0. The van der Waals surface area contributed by atoms with Gasteiger partial charge in [0.05, 0.1) is 14.1 Å². The number of aldehydes is 1. The van der Waals surface area contributed by atoms with Gasteiger partial charge in [0.15, 0.2) is 12.1 Å². The summed E-state index contributed by atoms with van der Waals surface area (Å²) in [6.45, 7) is 0. The van der Waals surface area contributed by atoms with Crippen molar-refractivity contribution in [2.24, 2.45) is 0 Å². The molecule has 0 amide bonds. The third-order valence-electron chi connectivity index (χ3n) is 1.48. The van der Waals surface area contributed by atoms with Crippen molar-refractivity contribution in [2.75, 3.05) is 0 Å². The van der Waals surface area contributed by atoms with Gasteiger partial charge in [0.2, 0.25) is 5.82 Å². The van der Waals surface area contributed by atoms with Crippen LogP contribution in [0.4, 0.5) is 14.5 Å². The van der Waals surface area contributed by atoms with Gasteiger partial charge in [-0.2, -0.15) is 4.39 Å². The van der Waals surface area contributed by atoms with Crippen LogP contribution in [0.2, 0.25) is 0 Å². The first-order valence-electron chi connectivity index (χ1n) is 3.26. The third-order valence-corrected chi connectivity index (χ3v) is 2.43. The number of carbonyl (C=O) groups excluding carboxylic acids is 1. The number of nitrogens with zero attached hydrogens (tertiary/aromatic N) is 1. The number of carbonyl (C=O) groups is 1. The van der Waals surface area contributed by atoms with Crippen molar-refractivity contribution in [2.45, 2.75) is 0 Å². The molecule has 0 aromatic heterocycles. The van der Waals surface area contributed by atoms with E-state index in [-0.39, 0.29) is 6.29 Å². The fourth-order valence-corrected chi connectivity index (χ4v) is 1.42. The molecule has 0 aliphatic carbocycles. The van der Waals surface area contributed by atoms with Crippen molar-refractivity contribution in [1.82, 2.24) is 0 Å². The molecule has 4 nitrogen and oxygen atoms in total. The topological polar surface area (TPSA) is 60.2 Å². The van der Waals surface area contributed by atoms with Crippen LogP contribution in [0.25, 0.3) is 0 Å². The molecule has 0 fully saturated rings. The van der Waals surface area contributed by atoms with Gasteiger partial charge in [-0.3, -0.25) is 14.9 Å². The predicted octanol–water partition coefficient (Wildman–Crippen LogP) is 2.29. The second-order valence-electron chi connectivity index (χ2n) is 2.30. The Kier molecular flexibility index (Phi) is 3.09. The molecule has 0 aliphatic rings. The van der Waals surface area contributed by atoms with Crippen LogP contribution < -0.4 is 0 Å². The van der Waals surface area contributed by atoms with Crippen LogP contribution in [-0.4, -0.2) is 11.2 Å². The van der Waals surface area contributed by atoms with Crippen molar-refractivity contribution in [3.63, 3.8) is 0 Å². The van der Waals surface area contributed by atoms with Crippen LogP contribution in [0.1, 0.15) is 10.4 Å². The van der Waals surface area contributed by atoms with E-state index in [4.69, 9.17) is 0 Å². The highest BCUT2D eigenvalue weighted by Crippen LogP contribution is 2.26. The Morgan fingerprint density at radius 1 is 1.43 bits per heavy atom. The van der Waals surface area contributed by atoms with Gasteiger partial charge in [0.1, 0.15) is 0 Å². The molecule has 0 unspecified atom stereocenters. The van der Waals surface area contributed by atoms with E-state index in [9.17, 15) is 23.7 Å². The molecular weight excluding hydrogens is 311 g/mol. The molecule has 14 heavy (non-hydrogen) atoms. The van der Waals surface area contributed by atoms with Gasteiger partial charge in [-0.25, -0.2) is 4.39 Å². The molecule has 0 aliphatic heterocycles. The minimum atomic E-state index is -1.27. The van der Waals surface area contributed by atoms with E-state index in [1.165, 1.54) is 22.6 Å². The highest BCUT2D eigenvalue weighted by Gasteiger charge is 2.23. The van der Waals surface area contributed by atoms with Crippen molar-refractivity contribution in [3.8, 4) is 0 Å². The molecule has 0 atom stereocenters. The van der Waals surface area contributed by atoms with E-state index in [1.54, 1.807) is 0 Å². The van der Waals surface area contributed by atoms with Crippen molar-refractivity contribution < 1.29 is 18.5 Å². The lowest BCUT2D eigenvalue weighted by Gasteiger charge is -2.00. The molecule has 74 valence electrons. The van der Waals surface area contributed by atoms with E-state index < -0.39 is 31.4 Å². The average Bonchev–Trinajstić information content (AvgIpc) is 2.14. The Labute approximate surface area is 90.2 Å². The van der Waals surface area contributed by atoms with E-state index in [0.29, 0.717) is 6.07 Å². The van der Waals surface area contributed by atoms with Gasteiger partial charge >= 0.3 is 5.69 Å². The molecule has 1 aromatic rings. The monoisotopic (exact) mass is 313 g/mol. The van der Waals surface area contributed by atoms with E-state index in [1.807, 2.05) is 0 Å². The molecule has 0 bridgehead atoms. The fourth-order valence-electron chi connectivity index (χ4n) is 0.828. The summed E-state index contributed by atoms with van der Waals surface area (Å²) in [5, 5.41) is 10.3. The molecule has 7 heteroatoms. The molecule has 0 spiro atoms. The van der Waals surface area contributed by atoms with Crippen molar-refractivity contribution in [1.29, 1.82) is 0 Å². The highest BCUT2D eigenvalue weighted by molar-refractivity contribution is 14.1. The Morgan fingerprint density at radius 2 is 2.00 bits per heavy atom. The summed E-state index contributed by atoms with van der Waals surface area (Å²) >= 11 is 1.26. The Morgan fingerprint density at radius 3 is 2.43 bits per heavy atom. The second kappa shape index (κ2) is 3.95. The standard InChI is InChI=1S/C7H2F2INO3/c8-5-3(2-12)1-4(11(13)14)6(9)7(5)10/h1-2H. The zero-order valence-electron chi connectivity index (χ0n) is 6.46. The fraction of sp³-hybridized carbons (Fsp3) is 0. The van der Waals surface area contributed by atoms with E-state index >= 15 is 0 Å². The number of halogens is 3. The first-order valence-corrected chi connectivity index (χ1v) is 4.34. The van der Waals surface area contributed by atoms with Crippen LogP contribution in [-0.2, 0) is 0 Å². The Bertz CT molecular complexity index is 422. The lowest BCUT2D eigenvalue weighted by Crippen LogP contribution is -2.01. The number of hydrogen-bond acceptors (Lipinski definition) is 3. The summed E-state index contributed by atoms with van der Waals surface area (Å²) < 4.78 is 25.5. The quantitative estimate of drug-likeness (QED) is 0.277. The van der Waals surface area contributed by atoms with Gasteiger partial charge in [-0.15, -0.1) is 0 Å². The predicted molar refractivity (Wildman–Crippen MR) is 51.1 cm³/mol. The molecule has 0 N–H and O–H groups in total. The summed E-state index contributed by atoms with van der Waals surface area (Å²) in [4.78, 5) is 19.5. The van der Waals surface area contributed by atoms with Gasteiger partial charge in [-0.1, -0.05) is 0 Å². The lowest BCUT2D eigenvalue weighted by molar-refractivity contribution is -0.387. The van der Waals surface area contributed by atoms with Crippen LogP contribution >= 0.6 is 22.6 Å². The number of nitro groups is 1. The SMILES string of the molecule is O=Cc1cc([N+](=O)[O-])c(F)c(I)c1F. The second-order valence-corrected chi connectivity index (χ2v) is 3.38. The number of benzene rings is 1.